The van der Waals surface area contributed by atoms with Crippen molar-refractivity contribution in [1.29, 1.82) is 0 Å². The van der Waals surface area contributed by atoms with Gasteiger partial charge >= 0.3 is 0 Å². The minimum atomic E-state index is 0.196. The van der Waals surface area contributed by atoms with Crippen LogP contribution >= 0.6 is 11.3 Å². The molecule has 2 N–H and O–H groups in total. The highest BCUT2D eigenvalue weighted by Gasteiger charge is 2.53. The van der Waals surface area contributed by atoms with E-state index >= 15 is 0 Å². The first kappa shape index (κ1) is 10.5. The molecule has 4 aliphatic carbocycles. The second kappa shape index (κ2) is 3.55. The van der Waals surface area contributed by atoms with E-state index in [0.29, 0.717) is 5.41 Å². The number of nitrogens with two attached hydrogens (primary N) is 1. The van der Waals surface area contributed by atoms with Crippen molar-refractivity contribution in [2.24, 2.45) is 28.9 Å². The van der Waals surface area contributed by atoms with Crippen LogP contribution in [0.4, 0.5) is 0 Å². The Labute approximate surface area is 107 Å². The van der Waals surface area contributed by atoms with Gasteiger partial charge in [-0.05, 0) is 61.7 Å². The summed E-state index contributed by atoms with van der Waals surface area (Å²) < 4.78 is 0. The average Bonchev–Trinajstić information content (AvgIpc) is 2.79. The first-order valence-electron chi connectivity index (χ1n) is 6.89. The van der Waals surface area contributed by atoms with Crippen LogP contribution in [0.1, 0.15) is 50.3 Å². The van der Waals surface area contributed by atoms with Gasteiger partial charge in [0.05, 0.1) is 17.2 Å². The number of aromatic nitrogens is 1. The zero-order valence-electron chi connectivity index (χ0n) is 10.1. The SMILES string of the molecule is NC(c1cscn1)C12CC3CC(CC(C3)C1)C2. The van der Waals surface area contributed by atoms with Crippen LogP contribution in [0.5, 0.6) is 0 Å². The van der Waals surface area contributed by atoms with E-state index in [2.05, 4.69) is 10.4 Å². The van der Waals surface area contributed by atoms with Crippen LogP contribution in [-0.2, 0) is 0 Å². The van der Waals surface area contributed by atoms with Crippen molar-refractivity contribution >= 4 is 11.3 Å². The molecule has 1 aromatic rings. The molecule has 0 radical (unpaired) electrons. The van der Waals surface area contributed by atoms with Crippen molar-refractivity contribution in [2.45, 2.75) is 44.6 Å². The van der Waals surface area contributed by atoms with E-state index < -0.39 is 0 Å². The van der Waals surface area contributed by atoms with Gasteiger partial charge in [0, 0.05) is 5.38 Å². The molecule has 1 atom stereocenters. The fourth-order valence-corrected chi connectivity index (χ4v) is 5.84. The van der Waals surface area contributed by atoms with Crippen molar-refractivity contribution in [1.82, 2.24) is 4.98 Å². The van der Waals surface area contributed by atoms with Gasteiger partial charge in [-0.2, -0.15) is 0 Å². The molecule has 4 fully saturated rings. The summed E-state index contributed by atoms with van der Waals surface area (Å²) in [5.41, 5.74) is 10.1. The zero-order chi connectivity index (χ0) is 11.5. The zero-order valence-corrected chi connectivity index (χ0v) is 11.0. The molecule has 2 nitrogen and oxygen atoms in total. The molecular weight excluding hydrogens is 228 g/mol. The molecular formula is C14H20N2S. The minimum absolute atomic E-state index is 0.196. The predicted octanol–water partition coefficient (Wildman–Crippen LogP) is 3.36. The van der Waals surface area contributed by atoms with Gasteiger partial charge in [0.15, 0.2) is 0 Å². The summed E-state index contributed by atoms with van der Waals surface area (Å²) >= 11 is 1.68. The maximum atomic E-state index is 6.58. The van der Waals surface area contributed by atoms with E-state index in [-0.39, 0.29) is 6.04 Å². The Bertz CT molecular complexity index is 377. The molecule has 1 unspecified atom stereocenters. The van der Waals surface area contributed by atoms with Crippen LogP contribution in [-0.4, -0.2) is 4.98 Å². The second-order valence-corrected chi connectivity index (χ2v) is 7.39. The van der Waals surface area contributed by atoms with Crippen molar-refractivity contribution in [3.63, 3.8) is 0 Å². The first-order chi connectivity index (χ1) is 8.25. The normalized spacial score (nSPS) is 45.1. The molecule has 0 saturated heterocycles. The van der Waals surface area contributed by atoms with Crippen LogP contribution in [0.2, 0.25) is 0 Å². The van der Waals surface area contributed by atoms with E-state index in [9.17, 15) is 0 Å². The van der Waals surface area contributed by atoms with E-state index in [0.717, 1.165) is 23.4 Å². The number of thiazole rings is 1. The molecule has 4 aliphatic rings. The summed E-state index contributed by atoms with van der Waals surface area (Å²) in [6.07, 6.45) is 8.59. The third kappa shape index (κ3) is 1.52. The third-order valence-corrected chi connectivity index (χ3v) is 6.12. The Hall–Kier alpha value is -0.410. The lowest BCUT2D eigenvalue weighted by molar-refractivity contribution is -0.0683. The number of hydrogen-bond acceptors (Lipinski definition) is 3. The second-order valence-electron chi connectivity index (χ2n) is 6.67. The van der Waals surface area contributed by atoms with Gasteiger partial charge in [-0.25, -0.2) is 4.98 Å². The molecule has 0 amide bonds. The van der Waals surface area contributed by atoms with E-state index in [1.165, 1.54) is 38.5 Å². The van der Waals surface area contributed by atoms with E-state index in [1.54, 1.807) is 11.3 Å². The molecule has 4 saturated carbocycles. The Morgan fingerprint density at radius 3 is 2.24 bits per heavy atom. The summed E-state index contributed by atoms with van der Waals surface area (Å²) in [5, 5.41) is 2.16. The van der Waals surface area contributed by atoms with Crippen LogP contribution < -0.4 is 5.73 Å². The van der Waals surface area contributed by atoms with Crippen LogP contribution in [0.3, 0.4) is 0 Å². The monoisotopic (exact) mass is 248 g/mol. The molecule has 92 valence electrons. The molecule has 4 bridgehead atoms. The Morgan fingerprint density at radius 1 is 1.18 bits per heavy atom. The molecule has 0 spiro atoms. The number of hydrogen-bond donors (Lipinski definition) is 1. The van der Waals surface area contributed by atoms with Gasteiger partial charge in [0.1, 0.15) is 0 Å². The molecule has 1 heterocycles. The van der Waals surface area contributed by atoms with E-state index in [4.69, 9.17) is 5.73 Å². The Morgan fingerprint density at radius 2 is 1.76 bits per heavy atom. The molecule has 5 rings (SSSR count). The highest BCUT2D eigenvalue weighted by atomic mass is 32.1. The maximum absolute atomic E-state index is 6.58. The summed E-state index contributed by atoms with van der Waals surface area (Å²) in [5.74, 6) is 2.93. The predicted molar refractivity (Wildman–Crippen MR) is 69.6 cm³/mol. The molecule has 0 aromatic carbocycles. The van der Waals surface area contributed by atoms with Crippen molar-refractivity contribution in [3.05, 3.63) is 16.6 Å². The Balaban J connectivity index is 1.68. The highest BCUT2D eigenvalue weighted by molar-refractivity contribution is 7.07. The number of nitrogens with zero attached hydrogens (tertiary/aromatic N) is 1. The molecule has 3 heteroatoms. The summed E-state index contributed by atoms with van der Waals surface area (Å²) in [6, 6.07) is 0.196. The van der Waals surface area contributed by atoms with Gasteiger partial charge in [0.2, 0.25) is 0 Å². The largest absolute Gasteiger partial charge is 0.322 e. The summed E-state index contributed by atoms with van der Waals surface area (Å²) in [4.78, 5) is 4.47. The van der Waals surface area contributed by atoms with Gasteiger partial charge in [-0.3, -0.25) is 0 Å². The third-order valence-electron chi connectivity index (χ3n) is 5.52. The average molecular weight is 248 g/mol. The first-order valence-corrected chi connectivity index (χ1v) is 7.83. The Kier molecular flexibility index (Phi) is 2.19. The van der Waals surface area contributed by atoms with Crippen LogP contribution in [0.15, 0.2) is 10.9 Å². The lowest BCUT2D eigenvalue weighted by atomic mass is 9.47. The van der Waals surface area contributed by atoms with E-state index in [1.807, 2.05) is 5.51 Å². The maximum Gasteiger partial charge on any atom is 0.0795 e. The lowest BCUT2D eigenvalue weighted by Gasteiger charge is -2.58. The number of rotatable bonds is 2. The fraction of sp³-hybridized carbons (Fsp3) is 0.786. The van der Waals surface area contributed by atoms with Gasteiger partial charge < -0.3 is 5.73 Å². The highest BCUT2D eigenvalue weighted by Crippen LogP contribution is 2.63. The fourth-order valence-electron chi connectivity index (χ4n) is 5.25. The van der Waals surface area contributed by atoms with Crippen molar-refractivity contribution in [3.8, 4) is 0 Å². The summed E-state index contributed by atoms with van der Waals surface area (Å²) in [6.45, 7) is 0. The van der Waals surface area contributed by atoms with Crippen molar-refractivity contribution < 1.29 is 0 Å². The topological polar surface area (TPSA) is 38.9 Å². The van der Waals surface area contributed by atoms with Crippen LogP contribution in [0.25, 0.3) is 0 Å². The minimum Gasteiger partial charge on any atom is -0.322 e. The molecule has 1 aromatic heterocycles. The van der Waals surface area contributed by atoms with Gasteiger partial charge in [-0.15, -0.1) is 11.3 Å². The summed E-state index contributed by atoms with van der Waals surface area (Å²) in [7, 11) is 0. The van der Waals surface area contributed by atoms with Crippen LogP contribution in [0, 0.1) is 23.2 Å². The van der Waals surface area contributed by atoms with Gasteiger partial charge in [-0.1, -0.05) is 0 Å². The smallest absolute Gasteiger partial charge is 0.0795 e. The lowest BCUT2D eigenvalue weighted by Crippen LogP contribution is -2.50. The molecule has 0 aliphatic heterocycles. The van der Waals surface area contributed by atoms with Crippen molar-refractivity contribution in [2.75, 3.05) is 0 Å². The quantitative estimate of drug-likeness (QED) is 0.871. The standard InChI is InChI=1S/C14H20N2S/c15-13(12-7-17-8-16-12)14-4-9-1-10(5-14)3-11(2-9)6-14/h7-11,13H,1-6,15H2. The molecule has 17 heavy (non-hydrogen) atoms. The van der Waals surface area contributed by atoms with Gasteiger partial charge in [0.25, 0.3) is 0 Å².